The number of hydrogen-bond donors (Lipinski definition) is 8. The van der Waals surface area contributed by atoms with Gasteiger partial charge in [0.25, 0.3) is 0 Å². The van der Waals surface area contributed by atoms with Gasteiger partial charge in [0.05, 0.1) is 5.92 Å². The van der Waals surface area contributed by atoms with Crippen LogP contribution in [0.15, 0.2) is 48.8 Å². The second-order valence-electron chi connectivity index (χ2n) is 10.9. The van der Waals surface area contributed by atoms with Crippen molar-refractivity contribution in [3.63, 3.8) is 0 Å². The molecular formula is C30H43N9O3. The standard InChI is InChI=1S/C30H43N9O3/c31-26(32)21-12-10-20(11-13-21)16-23(22-8-4-14-36-18-22)28(41)39-25(17-19-6-2-1-3-7-19)29(42)38-24(27(33)40)9-5-15-37-30(34)35/h4,8,10-14,18-19,23-25H,1-3,5-7,9,15-17H2,(H3,31,32)(H2,33,40)(H,38,42)(H,39,41)(H4,34,35,37)/t23-,24+,25+/m1/s1. The van der Waals surface area contributed by atoms with Crippen LogP contribution in [-0.2, 0) is 20.8 Å². The minimum absolute atomic E-state index is 0.0379. The summed E-state index contributed by atoms with van der Waals surface area (Å²) in [7, 11) is 0. The molecule has 3 amide bonds. The molecule has 2 aromatic rings. The van der Waals surface area contributed by atoms with E-state index in [0.29, 0.717) is 36.9 Å². The normalized spacial score (nSPS) is 15.5. The Morgan fingerprint density at radius 1 is 0.929 bits per heavy atom. The first-order valence-corrected chi connectivity index (χ1v) is 14.4. The van der Waals surface area contributed by atoms with Gasteiger partial charge in [-0.05, 0) is 48.8 Å². The number of aromatic nitrogens is 1. The first-order chi connectivity index (χ1) is 20.1. The maximum Gasteiger partial charge on any atom is 0.243 e. The van der Waals surface area contributed by atoms with Crippen molar-refractivity contribution in [3.8, 4) is 0 Å². The van der Waals surface area contributed by atoms with Gasteiger partial charge in [-0.1, -0.05) is 62.4 Å². The number of amidine groups is 1. The largest absolute Gasteiger partial charge is 0.384 e. The summed E-state index contributed by atoms with van der Waals surface area (Å²) in [6.45, 7) is 0.359. The van der Waals surface area contributed by atoms with Crippen LogP contribution in [0.4, 0.5) is 0 Å². The van der Waals surface area contributed by atoms with Crippen LogP contribution in [0, 0.1) is 16.7 Å². The molecule has 12 nitrogen and oxygen atoms in total. The van der Waals surface area contributed by atoms with E-state index in [4.69, 9.17) is 28.0 Å². The number of carbonyl (C=O) groups is 3. The predicted octanol–water partition coefficient (Wildman–Crippen LogP) is 1.38. The Balaban J connectivity index is 1.79. The minimum atomic E-state index is -0.925. The van der Waals surface area contributed by atoms with Crippen molar-refractivity contribution < 1.29 is 14.4 Å². The van der Waals surface area contributed by atoms with Crippen LogP contribution in [0.3, 0.4) is 0 Å². The number of hydrogen-bond acceptors (Lipinski definition) is 6. The highest BCUT2D eigenvalue weighted by Gasteiger charge is 2.31. The molecule has 42 heavy (non-hydrogen) atoms. The third kappa shape index (κ3) is 10.2. The van der Waals surface area contributed by atoms with Crippen LogP contribution in [-0.4, -0.2) is 53.1 Å². The van der Waals surface area contributed by atoms with E-state index in [1.54, 1.807) is 30.6 Å². The molecule has 0 bridgehead atoms. The first-order valence-electron chi connectivity index (χ1n) is 14.4. The van der Waals surface area contributed by atoms with Gasteiger partial charge in [-0.2, -0.15) is 0 Å². The van der Waals surface area contributed by atoms with E-state index >= 15 is 0 Å². The van der Waals surface area contributed by atoms with Crippen molar-refractivity contribution in [2.24, 2.45) is 23.1 Å². The molecule has 0 radical (unpaired) electrons. The SMILES string of the molecule is N=C(N)NCCC[C@H](NC(=O)[C@H](CC1CCCCC1)NC(=O)[C@H](Cc1ccc(C(=N)N)cc1)c1cccnc1)C(N)=O. The predicted molar refractivity (Wildman–Crippen MR) is 162 cm³/mol. The molecule has 3 rings (SSSR count). The molecule has 1 aliphatic rings. The lowest BCUT2D eigenvalue weighted by molar-refractivity contribution is -0.132. The van der Waals surface area contributed by atoms with E-state index in [0.717, 1.165) is 37.7 Å². The Labute approximate surface area is 246 Å². The van der Waals surface area contributed by atoms with Crippen molar-refractivity contribution in [1.82, 2.24) is 20.9 Å². The smallest absolute Gasteiger partial charge is 0.243 e. The summed E-state index contributed by atoms with van der Waals surface area (Å²) < 4.78 is 0. The molecule has 1 saturated carbocycles. The van der Waals surface area contributed by atoms with Gasteiger partial charge in [0.2, 0.25) is 17.7 Å². The highest BCUT2D eigenvalue weighted by molar-refractivity contribution is 5.95. The monoisotopic (exact) mass is 577 g/mol. The van der Waals surface area contributed by atoms with Gasteiger partial charge in [-0.15, -0.1) is 0 Å². The zero-order valence-corrected chi connectivity index (χ0v) is 23.9. The second-order valence-corrected chi connectivity index (χ2v) is 10.9. The van der Waals surface area contributed by atoms with E-state index in [2.05, 4.69) is 20.9 Å². The van der Waals surface area contributed by atoms with Crippen LogP contribution in [0.1, 0.15) is 74.0 Å². The molecule has 0 saturated heterocycles. The number of amides is 3. The Morgan fingerprint density at radius 3 is 2.21 bits per heavy atom. The van der Waals surface area contributed by atoms with Crippen molar-refractivity contribution in [3.05, 3.63) is 65.5 Å². The quantitative estimate of drug-likeness (QED) is 0.0880. The fourth-order valence-electron chi connectivity index (χ4n) is 5.35. The van der Waals surface area contributed by atoms with Crippen LogP contribution < -0.4 is 33.2 Å². The summed E-state index contributed by atoms with van der Waals surface area (Å²) in [4.78, 5) is 43.8. The Kier molecular flexibility index (Phi) is 12.3. The van der Waals surface area contributed by atoms with Gasteiger partial charge in [0.1, 0.15) is 17.9 Å². The summed E-state index contributed by atoms with van der Waals surface area (Å²) in [5.41, 5.74) is 18.7. The Morgan fingerprint density at radius 2 is 1.62 bits per heavy atom. The molecule has 0 aliphatic heterocycles. The summed E-state index contributed by atoms with van der Waals surface area (Å²) >= 11 is 0. The fraction of sp³-hybridized carbons (Fsp3) is 0.467. The molecule has 12 heteroatoms. The van der Waals surface area contributed by atoms with Gasteiger partial charge >= 0.3 is 0 Å². The topological polar surface area (TPSA) is 226 Å². The third-order valence-electron chi connectivity index (χ3n) is 7.68. The summed E-state index contributed by atoms with van der Waals surface area (Å²) in [6.07, 6.45) is 10.1. The maximum absolute atomic E-state index is 13.9. The van der Waals surface area contributed by atoms with E-state index in [-0.39, 0.29) is 30.0 Å². The number of carbonyl (C=O) groups excluding carboxylic acids is 3. The van der Waals surface area contributed by atoms with Crippen LogP contribution in [0.2, 0.25) is 0 Å². The highest BCUT2D eigenvalue weighted by Crippen LogP contribution is 2.28. The maximum atomic E-state index is 13.9. The van der Waals surface area contributed by atoms with Gasteiger partial charge in [0.15, 0.2) is 5.96 Å². The average molecular weight is 578 g/mol. The van der Waals surface area contributed by atoms with Crippen LogP contribution >= 0.6 is 0 Å². The lowest BCUT2D eigenvalue weighted by Crippen LogP contribution is -2.54. The van der Waals surface area contributed by atoms with Gasteiger partial charge < -0.3 is 33.2 Å². The number of pyridine rings is 1. The fourth-order valence-corrected chi connectivity index (χ4v) is 5.35. The molecule has 11 N–H and O–H groups in total. The van der Waals surface area contributed by atoms with Gasteiger partial charge in [-0.25, -0.2) is 0 Å². The number of nitrogens with two attached hydrogens (primary N) is 3. The van der Waals surface area contributed by atoms with E-state index in [9.17, 15) is 14.4 Å². The van der Waals surface area contributed by atoms with Crippen molar-refractivity contribution >= 4 is 29.5 Å². The van der Waals surface area contributed by atoms with Gasteiger partial charge in [-0.3, -0.25) is 30.2 Å². The van der Waals surface area contributed by atoms with E-state index < -0.39 is 29.8 Å². The molecule has 226 valence electrons. The molecule has 1 fully saturated rings. The third-order valence-corrected chi connectivity index (χ3v) is 7.68. The molecule has 1 aliphatic carbocycles. The number of rotatable bonds is 15. The number of benzene rings is 1. The number of primary amides is 1. The average Bonchev–Trinajstić information content (AvgIpc) is 2.97. The van der Waals surface area contributed by atoms with E-state index in [1.807, 2.05) is 18.2 Å². The number of nitrogens with zero attached hydrogens (tertiary/aromatic N) is 1. The van der Waals surface area contributed by atoms with Crippen LogP contribution in [0.5, 0.6) is 0 Å². The Bertz CT molecular complexity index is 1210. The first kappa shape index (κ1) is 32.0. The second kappa shape index (κ2) is 16.1. The van der Waals surface area contributed by atoms with Crippen LogP contribution in [0.25, 0.3) is 0 Å². The lowest BCUT2D eigenvalue weighted by atomic mass is 9.84. The molecule has 0 spiro atoms. The molecular weight excluding hydrogens is 534 g/mol. The van der Waals surface area contributed by atoms with Crippen molar-refractivity contribution in [2.75, 3.05) is 6.54 Å². The number of nitrogens with one attached hydrogen (secondary N) is 5. The zero-order chi connectivity index (χ0) is 30.5. The van der Waals surface area contributed by atoms with Crippen molar-refractivity contribution in [1.29, 1.82) is 10.8 Å². The molecule has 1 aromatic heterocycles. The number of guanidine groups is 1. The molecule has 1 heterocycles. The summed E-state index contributed by atoms with van der Waals surface area (Å²) in [5, 5.41) is 23.3. The van der Waals surface area contributed by atoms with Crippen molar-refractivity contribution in [2.45, 2.75) is 75.8 Å². The highest BCUT2D eigenvalue weighted by atomic mass is 16.2. The molecule has 1 aromatic carbocycles. The number of nitrogen functional groups attached to an aromatic ring is 1. The minimum Gasteiger partial charge on any atom is -0.384 e. The molecule has 3 atom stereocenters. The Hall–Kier alpha value is -4.48. The summed E-state index contributed by atoms with van der Waals surface area (Å²) in [5.74, 6) is -2.02. The van der Waals surface area contributed by atoms with Gasteiger partial charge in [0, 0.05) is 24.5 Å². The zero-order valence-electron chi connectivity index (χ0n) is 23.9. The summed E-state index contributed by atoms with van der Waals surface area (Å²) in [6, 6.07) is 8.96. The molecule has 0 unspecified atom stereocenters. The van der Waals surface area contributed by atoms with E-state index in [1.165, 1.54) is 0 Å². The lowest BCUT2D eigenvalue weighted by Gasteiger charge is -2.29.